The summed E-state index contributed by atoms with van der Waals surface area (Å²) in [5, 5.41) is 2.65. The zero-order chi connectivity index (χ0) is 13.1. The molecule has 0 aliphatic carbocycles. The highest BCUT2D eigenvalue weighted by Gasteiger charge is 2.17. The molecule has 1 aliphatic rings. The highest BCUT2D eigenvalue weighted by Crippen LogP contribution is 2.27. The van der Waals surface area contributed by atoms with E-state index in [0.717, 1.165) is 17.7 Å². The molecule has 1 heterocycles. The zero-order valence-corrected chi connectivity index (χ0v) is 11.0. The number of amides is 2. The van der Waals surface area contributed by atoms with E-state index >= 15 is 0 Å². The van der Waals surface area contributed by atoms with Gasteiger partial charge in [0.2, 0.25) is 11.8 Å². The molecule has 7 heteroatoms. The molecule has 2 amide bonds. The molecule has 5 N–H and O–H groups in total. The van der Waals surface area contributed by atoms with Gasteiger partial charge in [0.05, 0.1) is 19.1 Å². The number of nitrogens with one attached hydrogen (secondary N) is 1. The van der Waals surface area contributed by atoms with Crippen molar-refractivity contribution in [2.75, 3.05) is 11.9 Å². The minimum Gasteiger partial charge on any atom is -0.493 e. The number of fused-ring (bicyclic) bond motifs is 1. The number of primary amides is 1. The van der Waals surface area contributed by atoms with Crippen LogP contribution in [0, 0.1) is 0 Å². The number of halogens is 1. The van der Waals surface area contributed by atoms with Crippen LogP contribution in [-0.2, 0) is 16.0 Å². The van der Waals surface area contributed by atoms with Gasteiger partial charge in [-0.2, -0.15) is 0 Å². The van der Waals surface area contributed by atoms with Crippen LogP contribution in [0.25, 0.3) is 0 Å². The Bertz CT molecular complexity index is 493. The van der Waals surface area contributed by atoms with Gasteiger partial charge < -0.3 is 21.5 Å². The van der Waals surface area contributed by atoms with Crippen molar-refractivity contribution in [1.82, 2.24) is 0 Å². The topological polar surface area (TPSA) is 107 Å². The van der Waals surface area contributed by atoms with Crippen molar-refractivity contribution < 1.29 is 14.3 Å². The first-order chi connectivity index (χ1) is 8.56. The van der Waals surface area contributed by atoms with Crippen LogP contribution in [0.3, 0.4) is 0 Å². The Hall–Kier alpha value is -1.79. The Balaban J connectivity index is 0.00000180. The number of ether oxygens (including phenoxy) is 1. The van der Waals surface area contributed by atoms with Gasteiger partial charge in [-0.3, -0.25) is 9.59 Å². The molecular weight excluding hydrogens is 270 g/mol. The predicted molar refractivity (Wildman–Crippen MR) is 73.3 cm³/mol. The monoisotopic (exact) mass is 285 g/mol. The normalized spacial score (nSPS) is 13.7. The molecule has 104 valence electrons. The van der Waals surface area contributed by atoms with Crippen LogP contribution >= 0.6 is 12.4 Å². The summed E-state index contributed by atoms with van der Waals surface area (Å²) in [4.78, 5) is 22.3. The molecule has 6 nitrogen and oxygen atoms in total. The molecule has 19 heavy (non-hydrogen) atoms. The summed E-state index contributed by atoms with van der Waals surface area (Å²) in [5.74, 6) is -0.179. The van der Waals surface area contributed by atoms with Gasteiger partial charge in [0.1, 0.15) is 5.75 Å². The first-order valence-corrected chi connectivity index (χ1v) is 5.67. The van der Waals surface area contributed by atoms with Crippen molar-refractivity contribution in [3.63, 3.8) is 0 Å². The average Bonchev–Trinajstić information content (AvgIpc) is 2.75. The summed E-state index contributed by atoms with van der Waals surface area (Å²) in [6.07, 6.45) is 0.659. The van der Waals surface area contributed by atoms with Gasteiger partial charge in [-0.25, -0.2) is 0 Å². The highest BCUT2D eigenvalue weighted by atomic mass is 35.5. The number of rotatable bonds is 4. The molecule has 1 aliphatic heterocycles. The Morgan fingerprint density at radius 3 is 2.84 bits per heavy atom. The van der Waals surface area contributed by atoms with Crippen molar-refractivity contribution in [1.29, 1.82) is 0 Å². The third-order valence-electron chi connectivity index (χ3n) is 2.71. The first-order valence-electron chi connectivity index (χ1n) is 5.67. The minimum atomic E-state index is -0.924. The molecular formula is C12H16ClN3O3. The van der Waals surface area contributed by atoms with Crippen LogP contribution in [0.5, 0.6) is 5.75 Å². The highest BCUT2D eigenvalue weighted by molar-refractivity contribution is 5.97. The summed E-state index contributed by atoms with van der Waals surface area (Å²) in [6, 6.07) is 4.46. The fourth-order valence-electron chi connectivity index (χ4n) is 1.81. The van der Waals surface area contributed by atoms with Gasteiger partial charge in [-0.1, -0.05) is 0 Å². The molecule has 0 aromatic heterocycles. The van der Waals surface area contributed by atoms with E-state index in [4.69, 9.17) is 16.2 Å². The minimum absolute atomic E-state index is 0. The van der Waals surface area contributed by atoms with Crippen molar-refractivity contribution in [3.05, 3.63) is 23.8 Å². The zero-order valence-electron chi connectivity index (χ0n) is 10.2. The quantitative estimate of drug-likeness (QED) is 0.733. The van der Waals surface area contributed by atoms with Crippen LogP contribution in [0.4, 0.5) is 5.69 Å². The number of nitrogens with two attached hydrogens (primary N) is 2. The van der Waals surface area contributed by atoms with Crippen LogP contribution in [0.15, 0.2) is 18.2 Å². The van der Waals surface area contributed by atoms with Crippen LogP contribution in [0.1, 0.15) is 12.0 Å². The number of carbonyl (C=O) groups is 2. The van der Waals surface area contributed by atoms with Crippen molar-refractivity contribution in [2.24, 2.45) is 11.5 Å². The van der Waals surface area contributed by atoms with E-state index in [1.54, 1.807) is 12.1 Å². The molecule has 0 radical (unpaired) electrons. The lowest BCUT2D eigenvalue weighted by Gasteiger charge is -2.11. The number of carbonyl (C=O) groups excluding carboxylic acids is 2. The van der Waals surface area contributed by atoms with E-state index in [2.05, 4.69) is 5.32 Å². The standard InChI is InChI=1S/C12H15N3O3.ClH/c13-9(6-11(14)16)12(17)15-8-1-2-10-7(5-8)3-4-18-10;/h1-2,5,9H,3-4,6,13H2,(H2,14,16)(H,15,17);1H. The van der Waals surface area contributed by atoms with E-state index in [1.165, 1.54) is 0 Å². The first kappa shape index (κ1) is 15.3. The van der Waals surface area contributed by atoms with Crippen LogP contribution in [-0.4, -0.2) is 24.5 Å². The SMILES string of the molecule is Cl.NC(=O)CC(N)C(=O)Nc1ccc2c(c1)CCO2. The molecule has 0 spiro atoms. The second kappa shape index (κ2) is 6.40. The van der Waals surface area contributed by atoms with E-state index in [-0.39, 0.29) is 18.8 Å². The van der Waals surface area contributed by atoms with Gasteiger partial charge in [0.15, 0.2) is 0 Å². The van der Waals surface area contributed by atoms with Crippen molar-refractivity contribution >= 4 is 29.9 Å². The molecule has 0 bridgehead atoms. The number of hydrogen-bond donors (Lipinski definition) is 3. The molecule has 1 unspecified atom stereocenters. The third kappa shape index (κ3) is 3.84. The lowest BCUT2D eigenvalue weighted by molar-refractivity contribution is -0.123. The molecule has 1 atom stereocenters. The van der Waals surface area contributed by atoms with E-state index < -0.39 is 17.9 Å². The maximum absolute atomic E-state index is 11.7. The molecule has 2 rings (SSSR count). The molecule has 0 saturated heterocycles. The van der Waals surface area contributed by atoms with Crippen LogP contribution in [0.2, 0.25) is 0 Å². The molecule has 0 fully saturated rings. The van der Waals surface area contributed by atoms with E-state index in [9.17, 15) is 9.59 Å². The molecule has 1 aromatic rings. The number of benzene rings is 1. The summed E-state index contributed by atoms with van der Waals surface area (Å²) < 4.78 is 5.36. The molecule has 0 saturated carbocycles. The van der Waals surface area contributed by atoms with Gasteiger partial charge in [0.25, 0.3) is 0 Å². The lowest BCUT2D eigenvalue weighted by Crippen LogP contribution is -2.38. The number of anilines is 1. The van der Waals surface area contributed by atoms with Gasteiger partial charge in [-0.15, -0.1) is 12.4 Å². The maximum Gasteiger partial charge on any atom is 0.241 e. The van der Waals surface area contributed by atoms with Crippen molar-refractivity contribution in [3.8, 4) is 5.75 Å². The second-order valence-corrected chi connectivity index (χ2v) is 4.19. The summed E-state index contributed by atoms with van der Waals surface area (Å²) >= 11 is 0. The van der Waals surface area contributed by atoms with Gasteiger partial charge in [-0.05, 0) is 23.8 Å². The third-order valence-corrected chi connectivity index (χ3v) is 2.71. The summed E-state index contributed by atoms with van der Waals surface area (Å²) in [5.41, 5.74) is 12.2. The number of hydrogen-bond acceptors (Lipinski definition) is 4. The lowest BCUT2D eigenvalue weighted by atomic mass is 10.1. The molecule has 1 aromatic carbocycles. The van der Waals surface area contributed by atoms with Crippen molar-refractivity contribution in [2.45, 2.75) is 18.9 Å². The maximum atomic E-state index is 11.7. The van der Waals surface area contributed by atoms with Gasteiger partial charge >= 0.3 is 0 Å². The largest absolute Gasteiger partial charge is 0.493 e. The fraction of sp³-hybridized carbons (Fsp3) is 0.333. The van der Waals surface area contributed by atoms with Gasteiger partial charge in [0, 0.05) is 12.1 Å². The fourth-order valence-corrected chi connectivity index (χ4v) is 1.81. The average molecular weight is 286 g/mol. The summed E-state index contributed by atoms with van der Waals surface area (Å²) in [7, 11) is 0. The second-order valence-electron chi connectivity index (χ2n) is 4.19. The predicted octanol–water partition coefficient (Wildman–Crippen LogP) is 0.184. The Kier molecular flexibility index (Phi) is 5.14. The van der Waals surface area contributed by atoms with Crippen LogP contribution < -0.4 is 21.5 Å². The smallest absolute Gasteiger partial charge is 0.241 e. The van der Waals surface area contributed by atoms with E-state index in [0.29, 0.717) is 12.3 Å². The Morgan fingerprint density at radius 1 is 1.42 bits per heavy atom. The van der Waals surface area contributed by atoms with E-state index in [1.807, 2.05) is 6.07 Å². The Labute approximate surface area is 116 Å². The summed E-state index contributed by atoms with van der Waals surface area (Å²) in [6.45, 7) is 0.661. The Morgan fingerprint density at radius 2 is 2.16 bits per heavy atom.